The summed E-state index contributed by atoms with van der Waals surface area (Å²) in [5, 5.41) is 0. The highest BCUT2D eigenvalue weighted by Crippen LogP contribution is 2.22. The van der Waals surface area contributed by atoms with Crippen LogP contribution in [-0.4, -0.2) is 72.7 Å². The summed E-state index contributed by atoms with van der Waals surface area (Å²) in [5.74, 6) is 1.15. The first-order chi connectivity index (χ1) is 13.8. The molecular weight excluding hydrogens is 392 g/mol. The molecule has 154 valence electrons. The number of hydrogen-bond donors (Lipinski definition) is 0. The van der Waals surface area contributed by atoms with E-state index in [1.54, 1.807) is 4.90 Å². The van der Waals surface area contributed by atoms with E-state index in [2.05, 4.69) is 25.9 Å². The first-order valence-electron chi connectivity index (χ1n) is 9.65. The van der Waals surface area contributed by atoms with Gasteiger partial charge in [-0.3, -0.25) is 9.10 Å². The van der Waals surface area contributed by atoms with E-state index in [1.165, 1.54) is 16.7 Å². The molecule has 0 aliphatic carbocycles. The Kier molecular flexibility index (Phi) is 5.12. The molecule has 2 aromatic rings. The molecule has 0 unspecified atom stereocenters. The first kappa shape index (κ1) is 19.6. The third-order valence-corrected chi connectivity index (χ3v) is 7.11. The van der Waals surface area contributed by atoms with Gasteiger partial charge in [-0.15, -0.1) is 0 Å². The van der Waals surface area contributed by atoms with E-state index in [0.29, 0.717) is 39.1 Å². The van der Waals surface area contributed by atoms with Gasteiger partial charge >= 0.3 is 0 Å². The monoisotopic (exact) mass is 416 g/mol. The van der Waals surface area contributed by atoms with Crippen LogP contribution < -0.4 is 9.21 Å². The highest BCUT2D eigenvalue weighted by molar-refractivity contribution is 7.93. The van der Waals surface area contributed by atoms with Crippen molar-refractivity contribution >= 4 is 27.6 Å². The Bertz CT molecular complexity index is 1020. The summed E-state index contributed by atoms with van der Waals surface area (Å²) in [6, 6.07) is 2.11. The van der Waals surface area contributed by atoms with Crippen LogP contribution in [0, 0.1) is 13.8 Å². The van der Waals surface area contributed by atoms with Gasteiger partial charge in [0.15, 0.2) is 5.82 Å². The Labute approximate surface area is 170 Å². The minimum absolute atomic E-state index is 0.120. The van der Waals surface area contributed by atoms with Gasteiger partial charge in [-0.25, -0.2) is 23.4 Å². The molecule has 0 spiro atoms. The number of aryl methyl sites for hydroxylation is 2. The predicted octanol–water partition coefficient (Wildman–Crippen LogP) is 0.991. The highest BCUT2D eigenvalue weighted by Gasteiger charge is 2.30. The lowest BCUT2D eigenvalue weighted by atomic mass is 10.2. The van der Waals surface area contributed by atoms with Gasteiger partial charge < -0.3 is 9.80 Å². The molecule has 0 atom stereocenters. The largest absolute Gasteiger partial charge is 0.353 e. The molecule has 1 amide bonds. The lowest BCUT2D eigenvalue weighted by Crippen LogP contribution is -2.49. The number of rotatable bonds is 3. The summed E-state index contributed by atoms with van der Waals surface area (Å²) in [7, 11) is -3.31. The number of pyridine rings is 1. The van der Waals surface area contributed by atoms with Crippen molar-refractivity contribution in [1.29, 1.82) is 0 Å². The summed E-state index contributed by atoms with van der Waals surface area (Å²) < 4.78 is 25.2. The van der Waals surface area contributed by atoms with Crippen molar-refractivity contribution in [2.45, 2.75) is 20.3 Å². The molecule has 0 bridgehead atoms. The summed E-state index contributed by atoms with van der Waals surface area (Å²) in [6.45, 7) is 6.99. The van der Waals surface area contributed by atoms with Crippen molar-refractivity contribution in [3.8, 4) is 0 Å². The van der Waals surface area contributed by atoms with Gasteiger partial charge in [0, 0.05) is 38.9 Å². The third kappa shape index (κ3) is 3.89. The highest BCUT2D eigenvalue weighted by atomic mass is 32.2. The van der Waals surface area contributed by atoms with Crippen LogP contribution in [0.5, 0.6) is 0 Å². The Morgan fingerprint density at radius 1 is 0.966 bits per heavy atom. The molecule has 0 aromatic carbocycles. The lowest BCUT2D eigenvalue weighted by Gasteiger charge is -2.35. The summed E-state index contributed by atoms with van der Waals surface area (Å²) >= 11 is 0. The first-order valence-corrected chi connectivity index (χ1v) is 11.3. The molecule has 0 N–H and O–H groups in total. The van der Waals surface area contributed by atoms with Gasteiger partial charge in [-0.2, -0.15) is 0 Å². The Hall–Kier alpha value is -2.75. The van der Waals surface area contributed by atoms with Crippen molar-refractivity contribution < 1.29 is 13.2 Å². The second-order valence-electron chi connectivity index (χ2n) is 7.43. The summed E-state index contributed by atoms with van der Waals surface area (Å²) in [5.41, 5.74) is 2.48. The molecule has 2 saturated heterocycles. The fraction of sp³-hybridized carbons (Fsp3) is 0.474. The molecule has 4 rings (SSSR count). The zero-order valence-corrected chi connectivity index (χ0v) is 17.4. The Morgan fingerprint density at radius 3 is 2.31 bits per heavy atom. The van der Waals surface area contributed by atoms with Crippen LogP contribution in [0.25, 0.3) is 0 Å². The normalized spacial score (nSPS) is 18.9. The maximum atomic E-state index is 12.8. The van der Waals surface area contributed by atoms with Gasteiger partial charge in [-0.05, 0) is 31.4 Å². The molecule has 4 heterocycles. The number of anilines is 2. The number of nitrogens with zero attached hydrogens (tertiary/aromatic N) is 6. The zero-order chi connectivity index (χ0) is 20.6. The minimum atomic E-state index is -3.31. The molecular formula is C19H24N6O3S. The van der Waals surface area contributed by atoms with Crippen LogP contribution >= 0.6 is 0 Å². The average Bonchev–Trinajstić information content (AvgIpc) is 3.07. The van der Waals surface area contributed by atoms with E-state index in [1.807, 2.05) is 20.0 Å². The molecule has 2 fully saturated rings. The van der Waals surface area contributed by atoms with Gasteiger partial charge in [0.1, 0.15) is 11.5 Å². The van der Waals surface area contributed by atoms with Crippen molar-refractivity contribution in [2.75, 3.05) is 47.7 Å². The molecule has 2 aliphatic rings. The van der Waals surface area contributed by atoms with Crippen LogP contribution in [-0.2, 0) is 10.0 Å². The fourth-order valence-electron chi connectivity index (χ4n) is 3.78. The van der Waals surface area contributed by atoms with Gasteiger partial charge in [0.05, 0.1) is 18.1 Å². The molecule has 9 nitrogen and oxygen atoms in total. The molecule has 2 aliphatic heterocycles. The fourth-order valence-corrected chi connectivity index (χ4v) is 5.28. The number of piperazine rings is 1. The maximum absolute atomic E-state index is 12.8. The number of carbonyl (C=O) groups is 1. The van der Waals surface area contributed by atoms with Crippen LogP contribution in [0.4, 0.5) is 11.6 Å². The van der Waals surface area contributed by atoms with Gasteiger partial charge in [-0.1, -0.05) is 6.07 Å². The number of hydrogen-bond acceptors (Lipinski definition) is 7. The number of sulfonamides is 1. The van der Waals surface area contributed by atoms with Gasteiger partial charge in [0.25, 0.3) is 5.91 Å². The van der Waals surface area contributed by atoms with Crippen LogP contribution in [0.15, 0.2) is 24.7 Å². The van der Waals surface area contributed by atoms with Crippen LogP contribution in [0.3, 0.4) is 0 Å². The van der Waals surface area contributed by atoms with Gasteiger partial charge in [0.2, 0.25) is 10.0 Å². The number of carbonyl (C=O) groups excluding carboxylic acids is 1. The van der Waals surface area contributed by atoms with Crippen LogP contribution in [0.2, 0.25) is 0 Å². The van der Waals surface area contributed by atoms with Crippen molar-refractivity contribution in [1.82, 2.24) is 19.9 Å². The number of aromatic nitrogens is 3. The smallest absolute Gasteiger partial charge is 0.274 e. The predicted molar refractivity (Wildman–Crippen MR) is 110 cm³/mol. The van der Waals surface area contributed by atoms with E-state index in [9.17, 15) is 13.2 Å². The van der Waals surface area contributed by atoms with Crippen molar-refractivity contribution in [3.05, 3.63) is 41.5 Å². The molecule has 0 saturated carbocycles. The standard InChI is InChI=1S/C19H24N6O3S/c1-14-10-15(2)18(22-11-14)23-5-7-24(8-6-23)19(26)16-12-21-17(13-20-16)25-4-3-9-29(25,27)28/h10-13H,3-9H2,1-2H3. The molecule has 0 radical (unpaired) electrons. The molecule has 29 heavy (non-hydrogen) atoms. The Balaban J connectivity index is 1.41. The van der Waals surface area contributed by atoms with E-state index >= 15 is 0 Å². The minimum Gasteiger partial charge on any atom is -0.353 e. The third-order valence-electron chi connectivity index (χ3n) is 5.27. The maximum Gasteiger partial charge on any atom is 0.274 e. The topological polar surface area (TPSA) is 99.6 Å². The Morgan fingerprint density at radius 2 is 1.72 bits per heavy atom. The van der Waals surface area contributed by atoms with E-state index in [-0.39, 0.29) is 23.2 Å². The second-order valence-corrected chi connectivity index (χ2v) is 9.45. The summed E-state index contributed by atoms with van der Waals surface area (Å²) in [4.78, 5) is 29.6. The second kappa shape index (κ2) is 7.58. The number of amides is 1. The van der Waals surface area contributed by atoms with Crippen LogP contribution in [0.1, 0.15) is 28.0 Å². The molecule has 10 heteroatoms. The van der Waals surface area contributed by atoms with E-state index in [4.69, 9.17) is 0 Å². The van der Waals surface area contributed by atoms with Crippen molar-refractivity contribution in [2.24, 2.45) is 0 Å². The average molecular weight is 417 g/mol. The lowest BCUT2D eigenvalue weighted by molar-refractivity contribution is 0.0740. The van der Waals surface area contributed by atoms with Crippen molar-refractivity contribution in [3.63, 3.8) is 0 Å². The quantitative estimate of drug-likeness (QED) is 0.736. The zero-order valence-electron chi connectivity index (χ0n) is 16.6. The SMILES string of the molecule is Cc1cnc(N2CCN(C(=O)c3cnc(N4CCCS4(=O)=O)cn3)CC2)c(C)c1. The van der Waals surface area contributed by atoms with E-state index < -0.39 is 10.0 Å². The summed E-state index contributed by atoms with van der Waals surface area (Å²) in [6.07, 6.45) is 5.16. The molecule has 2 aromatic heterocycles. The van der Waals surface area contributed by atoms with E-state index in [0.717, 1.165) is 16.9 Å².